The Morgan fingerprint density at radius 2 is 2.47 bits per heavy atom. The Hall–Kier alpha value is -2.10. The molecule has 0 atom stereocenters. The monoisotopic (exact) mass is 275 g/mol. The molecule has 2 heterocycles. The maximum Gasteiger partial charge on any atom is 0.254 e. The number of hydrogen-bond donors (Lipinski definition) is 2. The summed E-state index contributed by atoms with van der Waals surface area (Å²) in [6, 6.07) is 1.90. The van der Waals surface area contributed by atoms with Crippen molar-refractivity contribution < 1.29 is 9.90 Å². The average molecular weight is 275 g/mol. The van der Waals surface area contributed by atoms with Gasteiger partial charge in [-0.3, -0.25) is 9.48 Å². The second-order valence-electron chi connectivity index (χ2n) is 3.85. The van der Waals surface area contributed by atoms with Crippen molar-refractivity contribution in [2.45, 2.75) is 6.54 Å². The van der Waals surface area contributed by atoms with E-state index in [4.69, 9.17) is 5.11 Å². The van der Waals surface area contributed by atoms with Crippen LogP contribution in [0, 0.1) is 11.8 Å². The molecule has 0 saturated heterocycles. The largest absolute Gasteiger partial charge is 0.384 e. The summed E-state index contributed by atoms with van der Waals surface area (Å²) in [7, 11) is 1.77. The van der Waals surface area contributed by atoms with Gasteiger partial charge in [-0.25, -0.2) is 0 Å². The van der Waals surface area contributed by atoms with Crippen molar-refractivity contribution in [3.8, 4) is 11.8 Å². The van der Waals surface area contributed by atoms with Crippen LogP contribution in [0.5, 0.6) is 0 Å². The van der Waals surface area contributed by atoms with Crippen LogP contribution in [0.3, 0.4) is 0 Å². The van der Waals surface area contributed by atoms with E-state index in [9.17, 15) is 4.79 Å². The number of carbonyl (C=O) groups excluding carboxylic acids is 1. The number of rotatable bonds is 3. The van der Waals surface area contributed by atoms with E-state index in [1.165, 1.54) is 17.5 Å². The summed E-state index contributed by atoms with van der Waals surface area (Å²) >= 11 is 1.52. The van der Waals surface area contributed by atoms with Crippen LogP contribution in [0.2, 0.25) is 0 Å². The van der Waals surface area contributed by atoms with Crippen LogP contribution < -0.4 is 5.32 Å². The van der Waals surface area contributed by atoms with Gasteiger partial charge < -0.3 is 10.4 Å². The van der Waals surface area contributed by atoms with Crippen molar-refractivity contribution in [2.75, 3.05) is 6.61 Å². The first-order chi connectivity index (χ1) is 9.19. The highest BCUT2D eigenvalue weighted by atomic mass is 32.1. The van der Waals surface area contributed by atoms with E-state index in [2.05, 4.69) is 22.3 Å². The number of carbonyl (C=O) groups is 1. The number of aliphatic hydroxyl groups is 1. The van der Waals surface area contributed by atoms with Gasteiger partial charge in [-0.2, -0.15) is 5.10 Å². The second-order valence-corrected chi connectivity index (χ2v) is 4.84. The molecule has 0 bridgehead atoms. The maximum atomic E-state index is 11.8. The summed E-state index contributed by atoms with van der Waals surface area (Å²) in [6.45, 7) is 0.308. The lowest BCUT2D eigenvalue weighted by Gasteiger charge is -2.00. The molecule has 2 aromatic heterocycles. The van der Waals surface area contributed by atoms with Gasteiger partial charge >= 0.3 is 0 Å². The predicted molar refractivity (Wildman–Crippen MR) is 72.7 cm³/mol. The van der Waals surface area contributed by atoms with Gasteiger partial charge in [0.05, 0.1) is 18.3 Å². The van der Waals surface area contributed by atoms with Gasteiger partial charge in [-0.15, -0.1) is 11.3 Å². The number of aliphatic hydroxyl groups excluding tert-OH is 1. The zero-order valence-corrected chi connectivity index (χ0v) is 11.2. The molecule has 0 aromatic carbocycles. The molecule has 0 aliphatic heterocycles. The molecule has 98 valence electrons. The van der Waals surface area contributed by atoms with Crippen molar-refractivity contribution in [1.82, 2.24) is 15.1 Å². The van der Waals surface area contributed by atoms with Crippen LogP contribution in [0.15, 0.2) is 23.8 Å². The molecule has 0 radical (unpaired) electrons. The van der Waals surface area contributed by atoms with Gasteiger partial charge in [0, 0.05) is 29.1 Å². The molecule has 0 aliphatic rings. The zero-order valence-electron chi connectivity index (χ0n) is 10.4. The van der Waals surface area contributed by atoms with Crippen LogP contribution in [-0.2, 0) is 13.6 Å². The summed E-state index contributed by atoms with van der Waals surface area (Å²) in [5, 5.41) is 17.3. The smallest absolute Gasteiger partial charge is 0.254 e. The standard InChI is InChI=1S/C13H13N3O2S/c1-16-8-11(6-15-16)13(18)14-7-12-5-10(9-19-12)3-2-4-17/h5-6,8-9,17H,4,7H2,1H3,(H,14,18). The van der Waals surface area contributed by atoms with E-state index < -0.39 is 0 Å². The van der Waals surface area contributed by atoms with E-state index in [1.54, 1.807) is 17.9 Å². The normalized spacial score (nSPS) is 9.79. The number of thiophene rings is 1. The third-order valence-electron chi connectivity index (χ3n) is 2.36. The molecule has 1 amide bonds. The minimum Gasteiger partial charge on any atom is -0.384 e. The van der Waals surface area contributed by atoms with Crippen molar-refractivity contribution in [2.24, 2.45) is 7.05 Å². The average Bonchev–Trinajstić information content (AvgIpc) is 3.02. The molecular formula is C13H13N3O2S. The molecular weight excluding hydrogens is 262 g/mol. The van der Waals surface area contributed by atoms with Crippen LogP contribution >= 0.6 is 11.3 Å². The first kappa shape index (κ1) is 13.3. The van der Waals surface area contributed by atoms with Gasteiger partial charge in [-0.05, 0) is 6.07 Å². The van der Waals surface area contributed by atoms with Gasteiger partial charge in [0.25, 0.3) is 5.91 Å². The van der Waals surface area contributed by atoms with E-state index >= 15 is 0 Å². The van der Waals surface area contributed by atoms with Gasteiger partial charge in [0.1, 0.15) is 6.61 Å². The minimum absolute atomic E-state index is 0.149. The number of nitrogens with one attached hydrogen (secondary N) is 1. The Labute approximate surface area is 114 Å². The predicted octanol–water partition coefficient (Wildman–Crippen LogP) is 0.755. The first-order valence-electron chi connectivity index (χ1n) is 5.63. The van der Waals surface area contributed by atoms with Crippen LogP contribution in [0.4, 0.5) is 0 Å². The molecule has 0 saturated carbocycles. The van der Waals surface area contributed by atoms with Crippen molar-refractivity contribution in [3.63, 3.8) is 0 Å². The van der Waals surface area contributed by atoms with E-state index in [0.29, 0.717) is 12.1 Å². The lowest BCUT2D eigenvalue weighted by atomic mass is 10.3. The number of hydrogen-bond acceptors (Lipinski definition) is 4. The summed E-state index contributed by atoms with van der Waals surface area (Å²) in [4.78, 5) is 12.8. The molecule has 5 nitrogen and oxygen atoms in total. The summed E-state index contributed by atoms with van der Waals surface area (Å²) in [6.07, 6.45) is 3.20. The number of aromatic nitrogens is 2. The Bertz CT molecular complexity index is 634. The highest BCUT2D eigenvalue weighted by Crippen LogP contribution is 2.13. The number of aryl methyl sites for hydroxylation is 1. The zero-order chi connectivity index (χ0) is 13.7. The minimum atomic E-state index is -0.150. The van der Waals surface area contributed by atoms with Gasteiger partial charge in [0.2, 0.25) is 0 Å². The van der Waals surface area contributed by atoms with Crippen molar-refractivity contribution in [3.05, 3.63) is 39.8 Å². The fourth-order valence-corrected chi connectivity index (χ4v) is 2.24. The third kappa shape index (κ3) is 3.68. The fourth-order valence-electron chi connectivity index (χ4n) is 1.49. The number of amides is 1. The Balaban J connectivity index is 1.92. The van der Waals surface area contributed by atoms with E-state index in [-0.39, 0.29) is 12.5 Å². The van der Waals surface area contributed by atoms with Crippen LogP contribution in [0.1, 0.15) is 20.8 Å². The van der Waals surface area contributed by atoms with Crippen molar-refractivity contribution in [1.29, 1.82) is 0 Å². The quantitative estimate of drug-likeness (QED) is 0.813. The number of nitrogens with zero attached hydrogens (tertiary/aromatic N) is 2. The summed E-state index contributed by atoms with van der Waals surface area (Å²) in [5.74, 6) is 5.26. The molecule has 0 unspecified atom stereocenters. The second kappa shape index (κ2) is 6.18. The molecule has 2 N–H and O–H groups in total. The lowest BCUT2D eigenvalue weighted by Crippen LogP contribution is -2.21. The topological polar surface area (TPSA) is 67.2 Å². The van der Waals surface area contributed by atoms with Gasteiger partial charge in [-0.1, -0.05) is 11.8 Å². The Kier molecular flexibility index (Phi) is 4.34. The summed E-state index contributed by atoms with van der Waals surface area (Å²) < 4.78 is 1.59. The highest BCUT2D eigenvalue weighted by Gasteiger charge is 2.07. The maximum absolute atomic E-state index is 11.8. The molecule has 2 rings (SSSR count). The van der Waals surface area contributed by atoms with Gasteiger partial charge in [0.15, 0.2) is 0 Å². The lowest BCUT2D eigenvalue weighted by molar-refractivity contribution is 0.0951. The SMILES string of the molecule is Cn1cc(C(=O)NCc2cc(C#CCO)cs2)cn1. The van der Waals surface area contributed by atoms with E-state index in [0.717, 1.165) is 10.4 Å². The molecule has 0 spiro atoms. The first-order valence-corrected chi connectivity index (χ1v) is 6.51. The Morgan fingerprint density at radius 1 is 1.63 bits per heavy atom. The molecule has 0 fully saturated rings. The Morgan fingerprint density at radius 3 is 3.16 bits per heavy atom. The van der Waals surface area contributed by atoms with E-state index in [1.807, 2.05) is 11.4 Å². The highest BCUT2D eigenvalue weighted by molar-refractivity contribution is 7.10. The molecule has 2 aromatic rings. The third-order valence-corrected chi connectivity index (χ3v) is 3.29. The summed E-state index contributed by atoms with van der Waals surface area (Å²) in [5.41, 5.74) is 1.39. The van der Waals surface area contributed by atoms with Crippen LogP contribution in [-0.4, -0.2) is 27.4 Å². The van der Waals surface area contributed by atoms with Crippen molar-refractivity contribution >= 4 is 17.2 Å². The molecule has 19 heavy (non-hydrogen) atoms. The van der Waals surface area contributed by atoms with Crippen LogP contribution in [0.25, 0.3) is 0 Å². The molecule has 0 aliphatic carbocycles. The fraction of sp³-hybridized carbons (Fsp3) is 0.231. The molecule has 6 heteroatoms.